The number of benzene rings is 1. The first kappa shape index (κ1) is 16.5. The first-order valence-electron chi connectivity index (χ1n) is 7.20. The Morgan fingerprint density at radius 2 is 2.09 bits per heavy atom. The molecule has 5 heteroatoms. The van der Waals surface area contributed by atoms with Crippen molar-refractivity contribution in [1.82, 2.24) is 10.3 Å². The van der Waals surface area contributed by atoms with E-state index in [9.17, 15) is 4.79 Å². The first-order valence-corrected chi connectivity index (χ1v) is 8.02. The predicted octanol–water partition coefficient (Wildman–Crippen LogP) is 3.58. The molecule has 0 saturated heterocycles. The maximum Gasteiger partial charge on any atom is 0.225 e. The molecule has 0 aliphatic heterocycles. The number of rotatable bonds is 4. The number of hydrogen-bond donors (Lipinski definition) is 1. The van der Waals surface area contributed by atoms with Crippen molar-refractivity contribution in [2.75, 3.05) is 7.11 Å². The summed E-state index contributed by atoms with van der Waals surface area (Å²) in [6.45, 7) is 7.88. The van der Waals surface area contributed by atoms with Crippen LogP contribution in [0.15, 0.2) is 24.3 Å². The molecule has 0 atom stereocenters. The smallest absolute Gasteiger partial charge is 0.225 e. The molecule has 1 N–H and O–H groups in total. The molecule has 0 bridgehead atoms. The van der Waals surface area contributed by atoms with Gasteiger partial charge in [0.15, 0.2) is 0 Å². The van der Waals surface area contributed by atoms with E-state index in [1.807, 2.05) is 52.0 Å². The summed E-state index contributed by atoms with van der Waals surface area (Å²) in [7, 11) is 1.65. The maximum absolute atomic E-state index is 12.1. The number of amides is 1. The molecule has 0 fully saturated rings. The predicted molar refractivity (Wildman–Crippen MR) is 90.4 cm³/mol. The molecule has 2 aromatic rings. The number of aryl methyl sites for hydroxylation is 1. The van der Waals surface area contributed by atoms with Crippen LogP contribution >= 0.6 is 11.3 Å². The molecule has 0 spiro atoms. The van der Waals surface area contributed by atoms with E-state index in [4.69, 9.17) is 4.74 Å². The van der Waals surface area contributed by atoms with Gasteiger partial charge in [-0.15, -0.1) is 11.3 Å². The van der Waals surface area contributed by atoms with Gasteiger partial charge in [-0.3, -0.25) is 4.79 Å². The van der Waals surface area contributed by atoms with Crippen LogP contribution in [0.5, 0.6) is 5.75 Å². The van der Waals surface area contributed by atoms with Crippen LogP contribution in [-0.4, -0.2) is 23.5 Å². The van der Waals surface area contributed by atoms with Crippen molar-refractivity contribution >= 4 is 17.2 Å². The van der Waals surface area contributed by atoms with E-state index in [0.29, 0.717) is 6.42 Å². The standard InChI is InChI=1S/C17H22N2O2S/c1-11-14(10-15(20)19-17(2,3)4)22-16(18-11)12-7-6-8-13(9-12)21-5/h6-9H,10H2,1-5H3,(H,19,20). The minimum absolute atomic E-state index is 0.0245. The van der Waals surface area contributed by atoms with Crippen molar-refractivity contribution in [2.24, 2.45) is 0 Å². The number of nitrogens with zero attached hydrogens (tertiary/aromatic N) is 1. The first-order chi connectivity index (χ1) is 10.3. The Balaban J connectivity index is 2.19. The number of methoxy groups -OCH3 is 1. The molecular weight excluding hydrogens is 296 g/mol. The average Bonchev–Trinajstić information content (AvgIpc) is 2.78. The van der Waals surface area contributed by atoms with Crippen LogP contribution in [0.2, 0.25) is 0 Å². The normalized spacial score (nSPS) is 11.3. The molecule has 1 amide bonds. The van der Waals surface area contributed by atoms with Crippen molar-refractivity contribution in [3.63, 3.8) is 0 Å². The zero-order chi connectivity index (χ0) is 16.3. The van der Waals surface area contributed by atoms with Crippen LogP contribution < -0.4 is 10.1 Å². The minimum atomic E-state index is -0.217. The third kappa shape index (κ3) is 4.31. The lowest BCUT2D eigenvalue weighted by Gasteiger charge is -2.20. The van der Waals surface area contributed by atoms with E-state index in [1.165, 1.54) is 0 Å². The lowest BCUT2D eigenvalue weighted by atomic mass is 10.1. The summed E-state index contributed by atoms with van der Waals surface area (Å²) in [6.07, 6.45) is 0.366. The lowest BCUT2D eigenvalue weighted by Crippen LogP contribution is -2.41. The van der Waals surface area contributed by atoms with E-state index in [-0.39, 0.29) is 11.4 Å². The SMILES string of the molecule is COc1cccc(-c2nc(C)c(CC(=O)NC(C)(C)C)s2)c1. The number of nitrogens with one attached hydrogen (secondary N) is 1. The van der Waals surface area contributed by atoms with E-state index in [2.05, 4.69) is 10.3 Å². The Bertz CT molecular complexity index is 672. The fourth-order valence-electron chi connectivity index (χ4n) is 2.08. The second-order valence-corrected chi connectivity index (χ2v) is 7.32. The van der Waals surface area contributed by atoms with E-state index < -0.39 is 0 Å². The van der Waals surface area contributed by atoms with Crippen molar-refractivity contribution in [3.05, 3.63) is 34.8 Å². The van der Waals surface area contributed by atoms with Crippen LogP contribution in [0.1, 0.15) is 31.3 Å². The number of ether oxygens (including phenoxy) is 1. The van der Waals surface area contributed by atoms with Gasteiger partial charge in [-0.25, -0.2) is 4.98 Å². The Labute approximate surface area is 135 Å². The molecule has 0 radical (unpaired) electrons. The van der Waals surface area contributed by atoms with Gasteiger partial charge in [0, 0.05) is 16.0 Å². The summed E-state index contributed by atoms with van der Waals surface area (Å²) < 4.78 is 5.25. The number of carbonyl (C=O) groups excluding carboxylic acids is 1. The molecule has 0 saturated carbocycles. The van der Waals surface area contributed by atoms with Gasteiger partial charge in [0.1, 0.15) is 10.8 Å². The van der Waals surface area contributed by atoms with Crippen LogP contribution in [0, 0.1) is 6.92 Å². The van der Waals surface area contributed by atoms with Crippen molar-refractivity contribution in [3.8, 4) is 16.3 Å². The maximum atomic E-state index is 12.1. The van der Waals surface area contributed by atoms with Crippen LogP contribution in [-0.2, 0) is 11.2 Å². The lowest BCUT2D eigenvalue weighted by molar-refractivity contribution is -0.121. The van der Waals surface area contributed by atoms with Gasteiger partial charge < -0.3 is 10.1 Å². The number of hydrogen-bond acceptors (Lipinski definition) is 4. The second kappa shape index (κ2) is 6.48. The highest BCUT2D eigenvalue weighted by atomic mass is 32.1. The van der Waals surface area contributed by atoms with Crippen LogP contribution in [0.25, 0.3) is 10.6 Å². The Morgan fingerprint density at radius 3 is 2.73 bits per heavy atom. The fraction of sp³-hybridized carbons (Fsp3) is 0.412. The van der Waals surface area contributed by atoms with Gasteiger partial charge in [-0.2, -0.15) is 0 Å². The Hall–Kier alpha value is -1.88. The molecule has 2 rings (SSSR count). The Morgan fingerprint density at radius 1 is 1.36 bits per heavy atom. The molecule has 4 nitrogen and oxygen atoms in total. The highest BCUT2D eigenvalue weighted by Crippen LogP contribution is 2.30. The monoisotopic (exact) mass is 318 g/mol. The molecular formula is C17H22N2O2S. The largest absolute Gasteiger partial charge is 0.497 e. The zero-order valence-corrected chi connectivity index (χ0v) is 14.5. The topological polar surface area (TPSA) is 51.2 Å². The molecule has 1 aromatic heterocycles. The van der Waals surface area contributed by atoms with Gasteiger partial charge >= 0.3 is 0 Å². The molecule has 0 aliphatic rings. The van der Waals surface area contributed by atoms with E-state index in [0.717, 1.165) is 26.9 Å². The third-order valence-corrected chi connectivity index (χ3v) is 4.25. The van der Waals surface area contributed by atoms with Crippen molar-refractivity contribution in [2.45, 2.75) is 39.7 Å². The summed E-state index contributed by atoms with van der Waals surface area (Å²) in [6, 6.07) is 7.80. The molecule has 1 heterocycles. The number of carbonyl (C=O) groups is 1. The number of thiazole rings is 1. The van der Waals surface area contributed by atoms with Gasteiger partial charge in [0.2, 0.25) is 5.91 Å². The summed E-state index contributed by atoms with van der Waals surface area (Å²) in [5.74, 6) is 0.828. The van der Waals surface area contributed by atoms with Gasteiger partial charge in [0.25, 0.3) is 0 Å². The van der Waals surface area contributed by atoms with Crippen molar-refractivity contribution < 1.29 is 9.53 Å². The second-order valence-electron chi connectivity index (χ2n) is 6.23. The summed E-state index contributed by atoms with van der Waals surface area (Å²) >= 11 is 1.56. The van der Waals surface area contributed by atoms with Gasteiger partial charge in [-0.05, 0) is 39.8 Å². The van der Waals surface area contributed by atoms with E-state index in [1.54, 1.807) is 18.4 Å². The minimum Gasteiger partial charge on any atom is -0.497 e. The molecule has 118 valence electrons. The number of aromatic nitrogens is 1. The highest BCUT2D eigenvalue weighted by molar-refractivity contribution is 7.15. The molecule has 1 aromatic carbocycles. The fourth-order valence-corrected chi connectivity index (χ4v) is 3.14. The van der Waals surface area contributed by atoms with Crippen LogP contribution in [0.4, 0.5) is 0 Å². The van der Waals surface area contributed by atoms with Gasteiger partial charge in [-0.1, -0.05) is 12.1 Å². The van der Waals surface area contributed by atoms with Crippen molar-refractivity contribution in [1.29, 1.82) is 0 Å². The molecule has 22 heavy (non-hydrogen) atoms. The van der Waals surface area contributed by atoms with E-state index >= 15 is 0 Å². The highest BCUT2D eigenvalue weighted by Gasteiger charge is 2.17. The molecule has 0 aliphatic carbocycles. The average molecular weight is 318 g/mol. The summed E-state index contributed by atoms with van der Waals surface area (Å²) in [4.78, 5) is 17.7. The van der Waals surface area contributed by atoms with Crippen LogP contribution in [0.3, 0.4) is 0 Å². The third-order valence-electron chi connectivity index (χ3n) is 3.04. The summed E-state index contributed by atoms with van der Waals surface area (Å²) in [5.41, 5.74) is 1.70. The quantitative estimate of drug-likeness (QED) is 0.937. The Kier molecular flexibility index (Phi) is 4.86. The zero-order valence-electron chi connectivity index (χ0n) is 13.7. The summed E-state index contributed by atoms with van der Waals surface area (Å²) in [5, 5.41) is 3.89. The van der Waals surface area contributed by atoms with Gasteiger partial charge in [0.05, 0.1) is 19.2 Å². The molecule has 0 unspecified atom stereocenters.